The molecule has 0 radical (unpaired) electrons. The molecule has 0 aliphatic heterocycles. The largest absolute Gasteiger partial charge is 0.242 e. The van der Waals surface area contributed by atoms with Gasteiger partial charge in [-0.25, -0.2) is 15.7 Å². The maximum Gasteiger partial charge on any atom is 0.129 e. The average Bonchev–Trinajstić information content (AvgIpc) is 1.95. The summed E-state index contributed by atoms with van der Waals surface area (Å²) in [7, 11) is 0. The van der Waals surface area contributed by atoms with Crippen LogP contribution in [0, 0.1) is 0 Å². The molecule has 0 atom stereocenters. The van der Waals surface area contributed by atoms with Crippen LogP contribution in [-0.4, -0.2) is 10.2 Å². The summed E-state index contributed by atoms with van der Waals surface area (Å²) in [5, 5.41) is 8.31. The van der Waals surface area contributed by atoms with E-state index < -0.39 is 0 Å². The normalized spacial score (nSPS) is 9.40. The van der Waals surface area contributed by atoms with Crippen LogP contribution < -0.4 is 5.48 Å². The van der Waals surface area contributed by atoms with E-state index in [4.69, 9.17) is 16.9 Å². The molecule has 0 aliphatic rings. The molecular weight excluding hydrogens is 156 g/mol. The number of anilines is 1. The molecule has 2 N–H and O–H groups in total. The Labute approximate surface area is 62.3 Å². The van der Waals surface area contributed by atoms with Crippen molar-refractivity contribution in [3.63, 3.8) is 0 Å². The van der Waals surface area contributed by atoms with E-state index in [9.17, 15) is 0 Å². The summed E-state index contributed by atoms with van der Waals surface area (Å²) in [6.45, 7) is 0. The fourth-order valence-corrected chi connectivity index (χ4v) is 0.601. The molecule has 1 aromatic heterocycles. The van der Waals surface area contributed by atoms with Crippen molar-refractivity contribution < 1.29 is 10.2 Å². The maximum atomic E-state index is 7.92. The Morgan fingerprint density at radius 2 is 2.40 bits per heavy atom. The first-order valence-electron chi connectivity index (χ1n) is 2.51. The van der Waals surface area contributed by atoms with Crippen LogP contribution in [0.4, 0.5) is 5.69 Å². The van der Waals surface area contributed by atoms with Crippen LogP contribution in [0.25, 0.3) is 0 Å². The molecule has 1 heterocycles. The van der Waals surface area contributed by atoms with Crippen molar-refractivity contribution >= 4 is 17.3 Å². The van der Waals surface area contributed by atoms with Gasteiger partial charge >= 0.3 is 0 Å². The summed E-state index contributed by atoms with van der Waals surface area (Å²) in [5.41, 5.74) is 2.70. The lowest BCUT2D eigenvalue weighted by Crippen LogP contribution is -1.95. The van der Waals surface area contributed by atoms with Crippen LogP contribution in [-0.2, 0) is 4.99 Å². The number of halogens is 1. The number of nitrogens with zero attached hydrogens (tertiary/aromatic N) is 1. The second-order valence-electron chi connectivity index (χ2n) is 1.56. The quantitative estimate of drug-likeness (QED) is 0.392. The van der Waals surface area contributed by atoms with Crippen molar-refractivity contribution in [2.75, 3.05) is 5.48 Å². The summed E-state index contributed by atoms with van der Waals surface area (Å²) in [6, 6.07) is 3.19. The number of aromatic nitrogens is 1. The molecule has 0 aromatic carbocycles. The van der Waals surface area contributed by atoms with E-state index in [0.29, 0.717) is 10.8 Å². The first-order chi connectivity index (χ1) is 4.83. The van der Waals surface area contributed by atoms with E-state index >= 15 is 0 Å². The van der Waals surface area contributed by atoms with Gasteiger partial charge in [0.25, 0.3) is 0 Å². The third-order valence-corrected chi connectivity index (χ3v) is 1.11. The first kappa shape index (κ1) is 7.27. The molecule has 0 unspecified atom stereocenters. The highest BCUT2D eigenvalue weighted by molar-refractivity contribution is 6.29. The van der Waals surface area contributed by atoms with Crippen molar-refractivity contribution in [1.82, 2.24) is 4.98 Å². The Morgan fingerprint density at radius 1 is 1.60 bits per heavy atom. The van der Waals surface area contributed by atoms with Crippen LogP contribution in [0.2, 0.25) is 5.15 Å². The zero-order chi connectivity index (χ0) is 7.40. The number of hydrogen-bond acceptors (Lipinski definition) is 4. The Kier molecular flexibility index (Phi) is 2.44. The lowest BCUT2D eigenvalue weighted by atomic mass is 10.4. The third-order valence-electron chi connectivity index (χ3n) is 0.891. The molecule has 1 aromatic rings. The summed E-state index contributed by atoms with van der Waals surface area (Å²) >= 11 is 5.47. The van der Waals surface area contributed by atoms with Gasteiger partial charge in [-0.15, -0.1) is 4.99 Å². The number of pyridine rings is 1. The van der Waals surface area contributed by atoms with Crippen molar-refractivity contribution in [2.24, 2.45) is 0 Å². The Morgan fingerprint density at radius 3 is 2.90 bits per heavy atom. The van der Waals surface area contributed by atoms with E-state index in [1.807, 2.05) is 0 Å². The average molecular weight is 161 g/mol. The van der Waals surface area contributed by atoms with E-state index in [2.05, 4.69) is 15.5 Å². The van der Waals surface area contributed by atoms with Gasteiger partial charge in [0.2, 0.25) is 0 Å². The molecule has 0 saturated carbocycles. The second-order valence-corrected chi connectivity index (χ2v) is 1.95. The minimum absolute atomic E-state index is 0.392. The third kappa shape index (κ3) is 1.84. The van der Waals surface area contributed by atoms with Gasteiger partial charge in [0.1, 0.15) is 5.15 Å². The van der Waals surface area contributed by atoms with Crippen LogP contribution in [0.5, 0.6) is 0 Å². The molecule has 0 saturated heterocycles. The first-order valence-corrected chi connectivity index (χ1v) is 2.88. The zero-order valence-electron chi connectivity index (χ0n) is 4.91. The van der Waals surface area contributed by atoms with Gasteiger partial charge in [0.15, 0.2) is 0 Å². The van der Waals surface area contributed by atoms with Crippen molar-refractivity contribution in [1.29, 1.82) is 0 Å². The predicted octanol–water partition coefficient (Wildman–Crippen LogP) is 1.55. The van der Waals surface area contributed by atoms with Gasteiger partial charge in [0.05, 0.1) is 11.9 Å². The summed E-state index contributed by atoms with van der Waals surface area (Å²) in [6.07, 6.45) is 1.43. The standard InChI is InChI=1S/C5H5ClN2O2/c6-5-2-1-4(3-7-5)8-10-9/h1-3,8-9H. The molecule has 5 heteroatoms. The van der Waals surface area contributed by atoms with Crippen molar-refractivity contribution in [2.45, 2.75) is 0 Å². The maximum absolute atomic E-state index is 7.92. The highest BCUT2D eigenvalue weighted by Gasteiger charge is 1.90. The van der Waals surface area contributed by atoms with Gasteiger partial charge in [-0.2, -0.15) is 0 Å². The lowest BCUT2D eigenvalue weighted by molar-refractivity contribution is -0.215. The molecule has 0 fully saturated rings. The van der Waals surface area contributed by atoms with Gasteiger partial charge in [-0.1, -0.05) is 11.6 Å². The Bertz CT molecular complexity index is 201. The SMILES string of the molecule is OONc1ccc(Cl)nc1. The molecule has 0 spiro atoms. The van der Waals surface area contributed by atoms with Crippen LogP contribution >= 0.6 is 11.6 Å². The second kappa shape index (κ2) is 3.36. The fraction of sp³-hybridized carbons (Fsp3) is 0. The fourth-order valence-electron chi connectivity index (χ4n) is 0.489. The number of rotatable bonds is 2. The monoisotopic (exact) mass is 160 g/mol. The van der Waals surface area contributed by atoms with Gasteiger partial charge in [0, 0.05) is 0 Å². The predicted molar refractivity (Wildman–Crippen MR) is 36.6 cm³/mol. The molecule has 54 valence electrons. The van der Waals surface area contributed by atoms with Crippen molar-refractivity contribution in [3.8, 4) is 0 Å². The molecule has 10 heavy (non-hydrogen) atoms. The summed E-state index contributed by atoms with van der Waals surface area (Å²) < 4.78 is 0. The van der Waals surface area contributed by atoms with Gasteiger partial charge < -0.3 is 0 Å². The van der Waals surface area contributed by atoms with E-state index in [1.165, 1.54) is 6.20 Å². The lowest BCUT2D eigenvalue weighted by Gasteiger charge is -1.97. The van der Waals surface area contributed by atoms with Crippen LogP contribution in [0.1, 0.15) is 0 Å². The Balaban J connectivity index is 2.69. The zero-order valence-corrected chi connectivity index (χ0v) is 5.67. The molecule has 4 nitrogen and oxygen atoms in total. The summed E-state index contributed by atoms with van der Waals surface area (Å²) in [5.74, 6) is 0. The minimum atomic E-state index is 0.392. The van der Waals surface area contributed by atoms with Crippen LogP contribution in [0.15, 0.2) is 18.3 Å². The number of hydrogen-bond donors (Lipinski definition) is 2. The summed E-state index contributed by atoms with van der Waals surface area (Å²) in [4.78, 5) is 7.34. The van der Waals surface area contributed by atoms with Crippen LogP contribution in [0.3, 0.4) is 0 Å². The molecule has 0 aliphatic carbocycles. The van der Waals surface area contributed by atoms with E-state index in [1.54, 1.807) is 12.1 Å². The molecule has 1 rings (SSSR count). The highest BCUT2D eigenvalue weighted by Crippen LogP contribution is 2.08. The van der Waals surface area contributed by atoms with E-state index in [0.717, 1.165) is 0 Å². The van der Waals surface area contributed by atoms with Crippen molar-refractivity contribution in [3.05, 3.63) is 23.5 Å². The number of nitrogens with one attached hydrogen (secondary N) is 1. The van der Waals surface area contributed by atoms with Gasteiger partial charge in [-0.05, 0) is 12.1 Å². The topological polar surface area (TPSA) is 54.4 Å². The Hall–Kier alpha value is -0.840. The smallest absolute Gasteiger partial charge is 0.129 e. The van der Waals surface area contributed by atoms with Gasteiger partial charge in [-0.3, -0.25) is 0 Å². The molecular formula is C5H5ClN2O2. The molecule has 0 bridgehead atoms. The highest BCUT2D eigenvalue weighted by atomic mass is 35.5. The van der Waals surface area contributed by atoms with E-state index in [-0.39, 0.29) is 0 Å². The molecule has 0 amide bonds. The minimum Gasteiger partial charge on any atom is -0.242 e.